The maximum atomic E-state index is 12.5. The highest BCUT2D eigenvalue weighted by atomic mass is 16.5. The normalized spacial score (nSPS) is 13.5. The highest BCUT2D eigenvalue weighted by Crippen LogP contribution is 2.24. The fourth-order valence-corrected chi connectivity index (χ4v) is 8.06. The van der Waals surface area contributed by atoms with E-state index < -0.39 is 0 Å². The summed E-state index contributed by atoms with van der Waals surface area (Å²) in [6, 6.07) is 0.711. The van der Waals surface area contributed by atoms with Gasteiger partial charge in [-0.05, 0) is 63.7 Å². The van der Waals surface area contributed by atoms with Gasteiger partial charge in [0, 0.05) is 38.3 Å². The number of hydrogen-bond donors (Lipinski definition) is 0. The molecule has 1 aromatic heterocycles. The Bertz CT molecular complexity index is 901. The van der Waals surface area contributed by atoms with Crippen molar-refractivity contribution in [2.75, 3.05) is 19.7 Å². The topological polar surface area (TPSA) is 47.4 Å². The first-order chi connectivity index (χ1) is 25.5. The molecule has 3 unspecified atom stereocenters. The van der Waals surface area contributed by atoms with Crippen LogP contribution < -0.4 is 0 Å². The number of hydrogen-bond acceptors (Lipinski definition) is 4. The van der Waals surface area contributed by atoms with Crippen LogP contribution in [0, 0.1) is 18.8 Å². The fraction of sp³-hybridized carbons (Fsp3) is 0.915. The molecule has 0 aliphatic rings. The molecule has 0 aromatic carbocycles. The van der Waals surface area contributed by atoms with Crippen molar-refractivity contribution in [1.29, 1.82) is 0 Å². The lowest BCUT2D eigenvalue weighted by Gasteiger charge is -2.35. The lowest BCUT2D eigenvalue weighted by molar-refractivity contribution is -0.145. The number of aromatic nitrogens is 2. The average molecular weight is 730 g/mol. The zero-order valence-electron chi connectivity index (χ0n) is 36.1. The summed E-state index contributed by atoms with van der Waals surface area (Å²) in [5.74, 6) is 1.41. The molecule has 5 nitrogen and oxygen atoms in total. The lowest BCUT2D eigenvalue weighted by atomic mass is 9.94. The van der Waals surface area contributed by atoms with E-state index in [0.29, 0.717) is 25.0 Å². The number of carbonyl (C=O) groups is 1. The molecular formula is C47H91N3O2. The molecule has 0 fully saturated rings. The Morgan fingerprint density at radius 2 is 1.13 bits per heavy atom. The van der Waals surface area contributed by atoms with Crippen LogP contribution in [0.3, 0.4) is 0 Å². The van der Waals surface area contributed by atoms with E-state index in [1.165, 1.54) is 186 Å². The van der Waals surface area contributed by atoms with Crippen molar-refractivity contribution in [3.63, 3.8) is 0 Å². The minimum Gasteiger partial charge on any atom is -0.465 e. The Kier molecular flexibility index (Phi) is 33.1. The van der Waals surface area contributed by atoms with Crippen molar-refractivity contribution >= 4 is 5.97 Å². The molecule has 1 aromatic rings. The Morgan fingerprint density at radius 1 is 0.635 bits per heavy atom. The summed E-state index contributed by atoms with van der Waals surface area (Å²) in [6.45, 7) is 17.9. The van der Waals surface area contributed by atoms with Gasteiger partial charge in [0.25, 0.3) is 0 Å². The molecule has 0 aliphatic heterocycles. The van der Waals surface area contributed by atoms with Gasteiger partial charge in [0.2, 0.25) is 0 Å². The molecule has 0 radical (unpaired) electrons. The third-order valence-electron chi connectivity index (χ3n) is 11.6. The molecule has 0 amide bonds. The van der Waals surface area contributed by atoms with Crippen LogP contribution in [0.15, 0.2) is 12.5 Å². The van der Waals surface area contributed by atoms with Crippen molar-refractivity contribution < 1.29 is 9.53 Å². The minimum absolute atomic E-state index is 0.0339. The summed E-state index contributed by atoms with van der Waals surface area (Å²) in [7, 11) is 0. The van der Waals surface area contributed by atoms with Crippen molar-refractivity contribution in [3.8, 4) is 0 Å². The molecule has 0 saturated heterocycles. The number of carbonyl (C=O) groups excluding carboxylic acids is 1. The smallest absolute Gasteiger partial charge is 0.305 e. The predicted octanol–water partition coefficient (Wildman–Crippen LogP) is 14.4. The first-order valence-electron chi connectivity index (χ1n) is 23.3. The molecule has 0 N–H and O–H groups in total. The highest BCUT2D eigenvalue weighted by Gasteiger charge is 2.21. The third-order valence-corrected chi connectivity index (χ3v) is 11.6. The summed E-state index contributed by atoms with van der Waals surface area (Å²) in [5, 5.41) is 0. The second-order valence-electron chi connectivity index (χ2n) is 16.6. The highest BCUT2D eigenvalue weighted by molar-refractivity contribution is 5.69. The molecule has 0 spiro atoms. The van der Waals surface area contributed by atoms with E-state index in [9.17, 15) is 4.79 Å². The average Bonchev–Trinajstić information content (AvgIpc) is 3.57. The van der Waals surface area contributed by atoms with E-state index in [-0.39, 0.29) is 5.97 Å². The number of ether oxygens (including phenoxy) is 1. The Morgan fingerprint density at radius 3 is 1.69 bits per heavy atom. The maximum absolute atomic E-state index is 12.5. The summed E-state index contributed by atoms with van der Waals surface area (Å²) in [5.41, 5.74) is 1.12. The molecule has 3 atom stereocenters. The molecule has 52 heavy (non-hydrogen) atoms. The van der Waals surface area contributed by atoms with Crippen LogP contribution in [0.5, 0.6) is 0 Å². The van der Waals surface area contributed by atoms with Crippen molar-refractivity contribution in [2.45, 2.75) is 247 Å². The Balaban J connectivity index is 2.60. The van der Waals surface area contributed by atoms with Crippen LogP contribution in [-0.2, 0) is 16.1 Å². The van der Waals surface area contributed by atoms with E-state index in [1.807, 2.05) is 6.33 Å². The Labute approximate surface area is 325 Å². The number of aryl methyl sites for hydroxylation is 2. The summed E-state index contributed by atoms with van der Waals surface area (Å²) >= 11 is 0. The zero-order valence-corrected chi connectivity index (χ0v) is 36.1. The SMILES string of the molecule is CCCCCCCCC(CCCCCCCCC(=O)OCC(CCCC)CCCCCC)N(CCCn1cnc(C)c1)CC(CC)CCCCCC. The monoisotopic (exact) mass is 730 g/mol. The number of imidazole rings is 1. The van der Waals surface area contributed by atoms with E-state index in [4.69, 9.17) is 4.74 Å². The molecular weight excluding hydrogens is 639 g/mol. The van der Waals surface area contributed by atoms with Gasteiger partial charge < -0.3 is 14.2 Å². The van der Waals surface area contributed by atoms with Crippen LogP contribution in [0.4, 0.5) is 0 Å². The summed E-state index contributed by atoms with van der Waals surface area (Å²) in [4.78, 5) is 20.0. The molecule has 5 heteroatoms. The minimum atomic E-state index is 0.0339. The lowest BCUT2D eigenvalue weighted by Crippen LogP contribution is -2.40. The van der Waals surface area contributed by atoms with E-state index in [1.54, 1.807) is 0 Å². The van der Waals surface area contributed by atoms with Gasteiger partial charge in [-0.3, -0.25) is 4.79 Å². The van der Waals surface area contributed by atoms with E-state index >= 15 is 0 Å². The van der Waals surface area contributed by atoms with Gasteiger partial charge >= 0.3 is 5.97 Å². The fourth-order valence-electron chi connectivity index (χ4n) is 8.06. The van der Waals surface area contributed by atoms with Crippen molar-refractivity contribution in [3.05, 3.63) is 18.2 Å². The van der Waals surface area contributed by atoms with Crippen molar-refractivity contribution in [1.82, 2.24) is 14.5 Å². The summed E-state index contributed by atoms with van der Waals surface area (Å²) < 4.78 is 8.08. The standard InChI is InChI=1S/C47H91N3O2/c1-7-12-16-19-22-27-34-46(50(38-30-37-49-39-43(6)48-42-49)40-44(11-5)32-25-17-13-8-2)35-28-23-20-21-24-29-36-47(51)52-41-45(31-15-10-4)33-26-18-14-9-3/h39,42,44-46H,7-38,40-41H2,1-6H3. The third kappa shape index (κ3) is 27.3. The quantitative estimate of drug-likeness (QED) is 0.0500. The van der Waals surface area contributed by atoms with Crippen LogP contribution >= 0.6 is 0 Å². The van der Waals surface area contributed by atoms with Gasteiger partial charge in [-0.1, -0.05) is 176 Å². The zero-order chi connectivity index (χ0) is 37.9. The molecule has 0 saturated carbocycles. The first-order valence-corrected chi connectivity index (χ1v) is 23.3. The van der Waals surface area contributed by atoms with Gasteiger partial charge in [0.05, 0.1) is 18.6 Å². The molecule has 0 aliphatic carbocycles. The van der Waals surface area contributed by atoms with Gasteiger partial charge in [-0.15, -0.1) is 0 Å². The molecule has 306 valence electrons. The number of unbranched alkanes of at least 4 members (excludes halogenated alkanes) is 17. The van der Waals surface area contributed by atoms with E-state index in [0.717, 1.165) is 31.0 Å². The molecule has 1 heterocycles. The number of rotatable bonds is 39. The van der Waals surface area contributed by atoms with Crippen LogP contribution in [-0.4, -0.2) is 46.2 Å². The summed E-state index contributed by atoms with van der Waals surface area (Å²) in [6.07, 6.45) is 42.7. The Hall–Kier alpha value is -1.36. The largest absolute Gasteiger partial charge is 0.465 e. The first kappa shape index (κ1) is 48.7. The second kappa shape index (κ2) is 35.3. The van der Waals surface area contributed by atoms with Crippen molar-refractivity contribution in [2.24, 2.45) is 11.8 Å². The van der Waals surface area contributed by atoms with Gasteiger partial charge in [0.1, 0.15) is 0 Å². The van der Waals surface area contributed by atoms with Crippen LogP contribution in [0.1, 0.15) is 233 Å². The van der Waals surface area contributed by atoms with Gasteiger partial charge in [0.15, 0.2) is 0 Å². The molecule has 0 bridgehead atoms. The van der Waals surface area contributed by atoms with E-state index in [2.05, 4.69) is 62.2 Å². The predicted molar refractivity (Wildman–Crippen MR) is 227 cm³/mol. The maximum Gasteiger partial charge on any atom is 0.305 e. The van der Waals surface area contributed by atoms with Crippen LogP contribution in [0.2, 0.25) is 0 Å². The molecule has 1 rings (SSSR count). The number of esters is 1. The van der Waals surface area contributed by atoms with Gasteiger partial charge in [-0.25, -0.2) is 4.98 Å². The van der Waals surface area contributed by atoms with Crippen LogP contribution in [0.25, 0.3) is 0 Å². The second-order valence-corrected chi connectivity index (χ2v) is 16.6. The van der Waals surface area contributed by atoms with Gasteiger partial charge in [-0.2, -0.15) is 0 Å². The number of nitrogens with zero attached hydrogens (tertiary/aromatic N) is 3.